The lowest BCUT2D eigenvalue weighted by molar-refractivity contribution is 1.34. The third-order valence-corrected chi connectivity index (χ3v) is 1.29. The van der Waals surface area contributed by atoms with Crippen molar-refractivity contribution in [2.75, 3.05) is 5.73 Å². The zero-order valence-corrected chi connectivity index (χ0v) is 5.68. The Bertz CT molecular complexity index is 222. The Balaban J connectivity index is 3.17. The first-order valence-electron chi connectivity index (χ1n) is 2.89. The lowest BCUT2D eigenvalue weighted by atomic mass is 10.0. The number of nitrogens with zero attached hydrogens (tertiary/aromatic N) is 1. The molecule has 0 saturated heterocycles. The van der Waals surface area contributed by atoms with Gasteiger partial charge in [-0.1, -0.05) is 0 Å². The maximum atomic E-state index is 5.53. The summed E-state index contributed by atoms with van der Waals surface area (Å²) in [5, 5.41) is 0. The Morgan fingerprint density at radius 1 is 1.67 bits per heavy atom. The standard InChI is InChI=1S/C6H9BN2/c1-4-2-6(7)9-3-5(4)8/h2-3H,7-8H2,1H3. The van der Waals surface area contributed by atoms with Crippen LogP contribution in [0.1, 0.15) is 5.56 Å². The van der Waals surface area contributed by atoms with Gasteiger partial charge in [-0.2, -0.15) is 0 Å². The van der Waals surface area contributed by atoms with Gasteiger partial charge in [0.25, 0.3) is 0 Å². The number of nitrogens with two attached hydrogens (primary N) is 1. The summed E-state index contributed by atoms with van der Waals surface area (Å²) in [5.41, 5.74) is 8.41. The molecule has 3 heteroatoms. The molecule has 0 spiro atoms. The highest BCUT2D eigenvalue weighted by atomic mass is 14.7. The molecule has 0 atom stereocenters. The number of aryl methyl sites for hydroxylation is 1. The summed E-state index contributed by atoms with van der Waals surface area (Å²) >= 11 is 0. The van der Waals surface area contributed by atoms with Crippen molar-refractivity contribution < 1.29 is 0 Å². The van der Waals surface area contributed by atoms with Crippen LogP contribution in [0.25, 0.3) is 0 Å². The number of hydrogen-bond donors (Lipinski definition) is 1. The average molecular weight is 120 g/mol. The molecule has 0 saturated carbocycles. The van der Waals surface area contributed by atoms with Gasteiger partial charge in [-0.25, -0.2) is 0 Å². The zero-order valence-electron chi connectivity index (χ0n) is 5.68. The van der Waals surface area contributed by atoms with Gasteiger partial charge in [0.15, 0.2) is 7.85 Å². The first kappa shape index (κ1) is 6.14. The molecule has 0 aromatic carbocycles. The monoisotopic (exact) mass is 120 g/mol. The van der Waals surface area contributed by atoms with Gasteiger partial charge in [-0.05, 0) is 24.1 Å². The van der Waals surface area contributed by atoms with Crippen LogP contribution < -0.4 is 11.3 Å². The topological polar surface area (TPSA) is 38.9 Å². The molecular formula is C6H9BN2. The van der Waals surface area contributed by atoms with E-state index in [-0.39, 0.29) is 0 Å². The molecule has 1 aromatic rings. The summed E-state index contributed by atoms with van der Waals surface area (Å²) in [6.07, 6.45) is 1.69. The van der Waals surface area contributed by atoms with Crippen LogP contribution in [0, 0.1) is 6.92 Å². The maximum absolute atomic E-state index is 5.53. The second kappa shape index (κ2) is 2.09. The highest BCUT2D eigenvalue weighted by Gasteiger charge is 1.91. The number of anilines is 1. The molecule has 2 N–H and O–H groups in total. The van der Waals surface area contributed by atoms with E-state index in [1.54, 1.807) is 6.20 Å². The van der Waals surface area contributed by atoms with Crippen molar-refractivity contribution in [1.82, 2.24) is 4.98 Å². The summed E-state index contributed by atoms with van der Waals surface area (Å²) in [7, 11) is 1.95. The predicted molar refractivity (Wildman–Crippen MR) is 41.6 cm³/mol. The predicted octanol–water partition coefficient (Wildman–Crippen LogP) is -0.769. The van der Waals surface area contributed by atoms with Crippen LogP contribution in [0.3, 0.4) is 0 Å². The second-order valence-corrected chi connectivity index (χ2v) is 2.18. The van der Waals surface area contributed by atoms with Gasteiger partial charge in [0.05, 0.1) is 5.69 Å². The SMILES string of the molecule is Bc1cc(C)c(N)cn1. The van der Waals surface area contributed by atoms with Crippen molar-refractivity contribution in [3.63, 3.8) is 0 Å². The van der Waals surface area contributed by atoms with Crippen LogP contribution in [0.15, 0.2) is 12.3 Å². The minimum atomic E-state index is 0.764. The van der Waals surface area contributed by atoms with Crippen LogP contribution in [-0.2, 0) is 0 Å². The highest BCUT2D eigenvalue weighted by molar-refractivity contribution is 6.30. The molecule has 0 aliphatic heterocycles. The van der Waals surface area contributed by atoms with Gasteiger partial charge in [-0.15, -0.1) is 0 Å². The molecule has 9 heavy (non-hydrogen) atoms. The van der Waals surface area contributed by atoms with Crippen LogP contribution >= 0.6 is 0 Å². The normalized spacial score (nSPS) is 9.44. The van der Waals surface area contributed by atoms with E-state index in [1.165, 1.54) is 0 Å². The van der Waals surface area contributed by atoms with Gasteiger partial charge in [-0.3, -0.25) is 4.98 Å². The third kappa shape index (κ3) is 1.22. The lowest BCUT2D eigenvalue weighted by Crippen LogP contribution is -2.08. The van der Waals surface area contributed by atoms with Crippen molar-refractivity contribution in [2.45, 2.75) is 6.92 Å². The molecule has 46 valence electrons. The van der Waals surface area contributed by atoms with E-state index in [0.29, 0.717) is 0 Å². The van der Waals surface area contributed by atoms with E-state index >= 15 is 0 Å². The number of aromatic nitrogens is 1. The molecule has 1 rings (SSSR count). The van der Waals surface area contributed by atoms with Crippen LogP contribution in [0.4, 0.5) is 5.69 Å². The number of hydrogen-bond acceptors (Lipinski definition) is 2. The summed E-state index contributed by atoms with van der Waals surface area (Å²) in [4.78, 5) is 4.01. The van der Waals surface area contributed by atoms with Crippen molar-refractivity contribution >= 4 is 19.1 Å². The van der Waals surface area contributed by atoms with Gasteiger partial charge in [0, 0.05) is 6.20 Å². The van der Waals surface area contributed by atoms with Crippen molar-refractivity contribution in [3.8, 4) is 0 Å². The molecule has 0 aliphatic rings. The zero-order chi connectivity index (χ0) is 6.85. The number of nitrogen functional groups attached to an aromatic ring is 1. The summed E-state index contributed by atoms with van der Waals surface area (Å²) < 4.78 is 0. The van der Waals surface area contributed by atoms with E-state index in [2.05, 4.69) is 4.98 Å². The average Bonchev–Trinajstić information content (AvgIpc) is 1.80. The van der Waals surface area contributed by atoms with Crippen LogP contribution in [0.5, 0.6) is 0 Å². The maximum Gasteiger partial charge on any atom is 0.163 e. The molecule has 2 nitrogen and oxygen atoms in total. The smallest absolute Gasteiger partial charge is 0.163 e. The van der Waals surface area contributed by atoms with E-state index in [0.717, 1.165) is 16.8 Å². The molecule has 0 unspecified atom stereocenters. The fourth-order valence-corrected chi connectivity index (χ4v) is 0.707. The van der Waals surface area contributed by atoms with Gasteiger partial charge < -0.3 is 5.73 Å². The Morgan fingerprint density at radius 3 is 2.78 bits per heavy atom. The molecule has 1 aromatic heterocycles. The Labute approximate surface area is 55.5 Å². The number of rotatable bonds is 0. The van der Waals surface area contributed by atoms with Gasteiger partial charge in [0.1, 0.15) is 0 Å². The molecule has 0 bridgehead atoms. The van der Waals surface area contributed by atoms with E-state index in [1.807, 2.05) is 20.8 Å². The van der Waals surface area contributed by atoms with E-state index < -0.39 is 0 Å². The number of pyridine rings is 1. The van der Waals surface area contributed by atoms with Crippen molar-refractivity contribution in [1.29, 1.82) is 0 Å². The van der Waals surface area contributed by atoms with E-state index in [9.17, 15) is 0 Å². The molecule has 0 radical (unpaired) electrons. The van der Waals surface area contributed by atoms with Gasteiger partial charge in [0.2, 0.25) is 0 Å². The first-order chi connectivity index (χ1) is 4.20. The van der Waals surface area contributed by atoms with Crippen LogP contribution in [0.2, 0.25) is 0 Å². The minimum absolute atomic E-state index is 0.764. The lowest BCUT2D eigenvalue weighted by Gasteiger charge is -1.97. The van der Waals surface area contributed by atoms with Gasteiger partial charge >= 0.3 is 0 Å². The molecule has 0 aliphatic carbocycles. The molecule has 1 heterocycles. The Morgan fingerprint density at radius 2 is 2.33 bits per heavy atom. The fraction of sp³-hybridized carbons (Fsp3) is 0.167. The molecule has 0 fully saturated rings. The Hall–Kier alpha value is -0.985. The van der Waals surface area contributed by atoms with Crippen molar-refractivity contribution in [2.24, 2.45) is 0 Å². The third-order valence-electron chi connectivity index (χ3n) is 1.29. The summed E-state index contributed by atoms with van der Waals surface area (Å²) in [5.74, 6) is 0. The first-order valence-corrected chi connectivity index (χ1v) is 2.89. The molecule has 0 amide bonds. The summed E-state index contributed by atoms with van der Waals surface area (Å²) in [6, 6.07) is 1.97. The minimum Gasteiger partial charge on any atom is -0.397 e. The largest absolute Gasteiger partial charge is 0.397 e. The van der Waals surface area contributed by atoms with E-state index in [4.69, 9.17) is 5.73 Å². The molecular weight excluding hydrogens is 111 g/mol. The Kier molecular flexibility index (Phi) is 1.43. The quantitative estimate of drug-likeness (QED) is 0.456. The highest BCUT2D eigenvalue weighted by Crippen LogP contribution is 2.02. The second-order valence-electron chi connectivity index (χ2n) is 2.18. The van der Waals surface area contributed by atoms with Crippen LogP contribution in [-0.4, -0.2) is 12.8 Å². The summed E-state index contributed by atoms with van der Waals surface area (Å²) in [6.45, 7) is 1.98. The fourth-order valence-electron chi connectivity index (χ4n) is 0.707. The van der Waals surface area contributed by atoms with Crippen molar-refractivity contribution in [3.05, 3.63) is 17.8 Å².